The van der Waals surface area contributed by atoms with E-state index in [1.165, 1.54) is 6.26 Å². The Kier molecular flexibility index (Phi) is 4.38. The first kappa shape index (κ1) is 16.9. The third-order valence-corrected chi connectivity index (χ3v) is 4.18. The maximum absolute atomic E-state index is 13.8. The molecule has 25 heavy (non-hydrogen) atoms. The van der Waals surface area contributed by atoms with Gasteiger partial charge in [0, 0.05) is 6.07 Å². The summed E-state index contributed by atoms with van der Waals surface area (Å²) in [6, 6.07) is 7.62. The maximum Gasteiger partial charge on any atom is 0.254 e. The van der Waals surface area contributed by atoms with Gasteiger partial charge in [-0.05, 0) is 30.3 Å². The van der Waals surface area contributed by atoms with E-state index < -0.39 is 27.3 Å². The smallest absolute Gasteiger partial charge is 0.254 e. The zero-order valence-electron chi connectivity index (χ0n) is 12.6. The Morgan fingerprint density at radius 3 is 2.72 bits per heavy atom. The lowest BCUT2D eigenvalue weighted by molar-refractivity contribution is 0.0946. The van der Waals surface area contributed by atoms with Crippen molar-refractivity contribution in [2.75, 3.05) is 0 Å². The number of nitrogens with two attached hydrogens (primary N) is 1. The number of carbonyl (C=O) groups excluding carboxylic acids is 1. The summed E-state index contributed by atoms with van der Waals surface area (Å²) in [6.45, 7) is -0.0535. The van der Waals surface area contributed by atoms with Crippen LogP contribution in [0.5, 0.6) is 0 Å². The average molecular weight is 365 g/mol. The van der Waals surface area contributed by atoms with Crippen LogP contribution in [0.4, 0.5) is 4.39 Å². The topological polar surface area (TPSA) is 128 Å². The molecule has 3 N–H and O–H groups in total. The van der Waals surface area contributed by atoms with Crippen molar-refractivity contribution >= 4 is 15.9 Å². The van der Waals surface area contributed by atoms with Crippen molar-refractivity contribution in [2.45, 2.75) is 11.4 Å². The van der Waals surface area contributed by atoms with E-state index in [9.17, 15) is 17.6 Å². The standard InChI is InChI=1S/C15H12FN3O5S/c16-12-4-3-10(25(17,21)22)7-11(12)15(20)18-8-9-6-14(24-19-9)13-2-1-5-23-13/h1-7H,8H2,(H,18,20)(H2,17,21,22). The zero-order chi connectivity index (χ0) is 18.0. The van der Waals surface area contributed by atoms with Crippen molar-refractivity contribution in [3.05, 3.63) is 59.7 Å². The number of amides is 1. The van der Waals surface area contributed by atoms with Crippen molar-refractivity contribution < 1.29 is 26.5 Å². The van der Waals surface area contributed by atoms with Gasteiger partial charge in [0.25, 0.3) is 5.91 Å². The molecule has 0 saturated carbocycles. The summed E-state index contributed by atoms with van der Waals surface area (Å²) in [4.78, 5) is 11.7. The van der Waals surface area contributed by atoms with Gasteiger partial charge in [0.2, 0.25) is 15.8 Å². The number of nitrogens with zero attached hydrogens (tertiary/aromatic N) is 1. The summed E-state index contributed by atoms with van der Waals surface area (Å²) in [7, 11) is -4.05. The highest BCUT2D eigenvalue weighted by Gasteiger charge is 2.17. The minimum Gasteiger partial charge on any atom is -0.461 e. The van der Waals surface area contributed by atoms with Gasteiger partial charge in [0.1, 0.15) is 11.5 Å². The average Bonchev–Trinajstić information content (AvgIpc) is 3.23. The van der Waals surface area contributed by atoms with E-state index in [1.54, 1.807) is 18.2 Å². The van der Waals surface area contributed by atoms with Gasteiger partial charge in [-0.15, -0.1) is 0 Å². The second kappa shape index (κ2) is 6.49. The first-order chi connectivity index (χ1) is 11.8. The number of halogens is 1. The number of primary sulfonamides is 1. The highest BCUT2D eigenvalue weighted by atomic mass is 32.2. The van der Waals surface area contributed by atoms with Gasteiger partial charge in [-0.1, -0.05) is 5.16 Å². The third-order valence-electron chi connectivity index (χ3n) is 3.26. The number of nitrogens with one attached hydrogen (secondary N) is 1. The lowest BCUT2D eigenvalue weighted by Gasteiger charge is -2.06. The lowest BCUT2D eigenvalue weighted by atomic mass is 10.2. The molecule has 0 aliphatic rings. The van der Waals surface area contributed by atoms with Crippen LogP contribution in [-0.4, -0.2) is 19.5 Å². The summed E-state index contributed by atoms with van der Waals surface area (Å²) >= 11 is 0. The van der Waals surface area contributed by atoms with Crippen LogP contribution in [0.25, 0.3) is 11.5 Å². The molecule has 0 saturated heterocycles. The van der Waals surface area contributed by atoms with Crippen LogP contribution in [0.15, 0.2) is 56.5 Å². The van der Waals surface area contributed by atoms with Crippen molar-refractivity contribution in [2.24, 2.45) is 5.14 Å². The van der Waals surface area contributed by atoms with Gasteiger partial charge in [-0.3, -0.25) is 4.79 Å². The Bertz CT molecular complexity index is 1010. The molecular weight excluding hydrogens is 353 g/mol. The Morgan fingerprint density at radius 1 is 1.24 bits per heavy atom. The minimum absolute atomic E-state index is 0.0535. The first-order valence-corrected chi connectivity index (χ1v) is 8.49. The summed E-state index contributed by atoms with van der Waals surface area (Å²) < 4.78 is 46.6. The minimum atomic E-state index is -4.05. The van der Waals surface area contributed by atoms with Gasteiger partial charge < -0.3 is 14.3 Å². The molecule has 8 nitrogen and oxygen atoms in total. The van der Waals surface area contributed by atoms with Crippen molar-refractivity contribution in [1.82, 2.24) is 10.5 Å². The predicted octanol–water partition coefficient (Wildman–Crippen LogP) is 1.65. The molecule has 0 aliphatic heterocycles. The number of furan rings is 1. The lowest BCUT2D eigenvalue weighted by Crippen LogP contribution is -2.24. The van der Waals surface area contributed by atoms with Crippen LogP contribution in [0.1, 0.15) is 16.1 Å². The summed E-state index contributed by atoms with van der Waals surface area (Å²) in [6.07, 6.45) is 1.47. The van der Waals surface area contributed by atoms with E-state index in [0.717, 1.165) is 18.2 Å². The number of benzene rings is 1. The number of hydrogen-bond acceptors (Lipinski definition) is 6. The van der Waals surface area contributed by atoms with E-state index in [-0.39, 0.29) is 11.4 Å². The predicted molar refractivity (Wildman–Crippen MR) is 83.1 cm³/mol. The van der Waals surface area contributed by atoms with Crippen molar-refractivity contribution in [1.29, 1.82) is 0 Å². The van der Waals surface area contributed by atoms with E-state index in [1.807, 2.05) is 0 Å². The molecule has 130 valence electrons. The van der Waals surface area contributed by atoms with Crippen LogP contribution in [0, 0.1) is 5.82 Å². The Balaban J connectivity index is 1.73. The SMILES string of the molecule is NS(=O)(=O)c1ccc(F)c(C(=O)NCc2cc(-c3ccco3)on2)c1. The molecule has 3 rings (SSSR count). The molecule has 0 unspecified atom stereocenters. The molecule has 1 aromatic carbocycles. The number of carbonyl (C=O) groups is 1. The quantitative estimate of drug-likeness (QED) is 0.707. The van der Waals surface area contributed by atoms with Crippen LogP contribution in [-0.2, 0) is 16.6 Å². The third kappa shape index (κ3) is 3.75. The van der Waals surface area contributed by atoms with Crippen LogP contribution in [0.3, 0.4) is 0 Å². The molecule has 0 atom stereocenters. The second-order valence-corrected chi connectivity index (χ2v) is 6.59. The number of sulfonamides is 1. The van der Waals surface area contributed by atoms with Crippen LogP contribution in [0.2, 0.25) is 0 Å². The molecule has 0 aliphatic carbocycles. The number of aromatic nitrogens is 1. The van der Waals surface area contributed by atoms with E-state index >= 15 is 0 Å². The van der Waals surface area contributed by atoms with E-state index in [2.05, 4.69) is 10.5 Å². The van der Waals surface area contributed by atoms with Gasteiger partial charge in [-0.25, -0.2) is 17.9 Å². The summed E-state index contributed by atoms with van der Waals surface area (Å²) in [5.41, 5.74) is -0.0657. The molecule has 0 radical (unpaired) electrons. The van der Waals surface area contributed by atoms with Gasteiger partial charge in [-0.2, -0.15) is 0 Å². The highest BCUT2D eigenvalue weighted by molar-refractivity contribution is 7.89. The fourth-order valence-electron chi connectivity index (χ4n) is 2.05. The molecule has 0 fully saturated rings. The molecular formula is C15H12FN3O5S. The molecule has 2 aromatic heterocycles. The van der Waals surface area contributed by atoms with Gasteiger partial charge in [0.05, 0.1) is 23.3 Å². The number of hydrogen-bond donors (Lipinski definition) is 2. The van der Waals surface area contributed by atoms with E-state index in [4.69, 9.17) is 14.1 Å². The molecule has 3 aromatic rings. The van der Waals surface area contributed by atoms with Crippen molar-refractivity contribution in [3.63, 3.8) is 0 Å². The normalized spacial score (nSPS) is 11.4. The Hall–Kier alpha value is -2.98. The Morgan fingerprint density at radius 2 is 2.04 bits per heavy atom. The van der Waals surface area contributed by atoms with Crippen molar-refractivity contribution in [3.8, 4) is 11.5 Å². The first-order valence-electron chi connectivity index (χ1n) is 6.94. The van der Waals surface area contributed by atoms with E-state index in [0.29, 0.717) is 17.2 Å². The number of rotatable bonds is 5. The zero-order valence-corrected chi connectivity index (χ0v) is 13.4. The van der Waals surface area contributed by atoms with Crippen LogP contribution >= 0.6 is 0 Å². The molecule has 0 bridgehead atoms. The molecule has 10 heteroatoms. The maximum atomic E-state index is 13.8. The fourth-order valence-corrected chi connectivity index (χ4v) is 2.59. The highest BCUT2D eigenvalue weighted by Crippen LogP contribution is 2.20. The molecule has 0 spiro atoms. The Labute approximate surface area is 141 Å². The summed E-state index contributed by atoms with van der Waals surface area (Å²) in [5, 5.41) is 11.2. The summed E-state index contributed by atoms with van der Waals surface area (Å²) in [5.74, 6) is -0.847. The monoisotopic (exact) mass is 365 g/mol. The second-order valence-electron chi connectivity index (χ2n) is 5.03. The van der Waals surface area contributed by atoms with Crippen LogP contribution < -0.4 is 10.5 Å². The molecule has 1 amide bonds. The fraction of sp³-hybridized carbons (Fsp3) is 0.0667. The largest absolute Gasteiger partial charge is 0.461 e. The van der Waals surface area contributed by atoms with Gasteiger partial charge >= 0.3 is 0 Å². The van der Waals surface area contributed by atoms with Gasteiger partial charge in [0.15, 0.2) is 5.76 Å². The molecule has 2 heterocycles.